The number of anilines is 3. The molecule has 51 heavy (non-hydrogen) atoms. The lowest BCUT2D eigenvalue weighted by Crippen LogP contribution is -2.29. The molecule has 0 fully saturated rings. The molecule has 0 bridgehead atoms. The van der Waals surface area contributed by atoms with Crippen molar-refractivity contribution in [1.29, 1.82) is 0 Å². The largest absolute Gasteiger partial charge is 0.310 e. The Hall–Kier alpha value is -5.96. The molecule has 1 aliphatic rings. The van der Waals surface area contributed by atoms with E-state index in [0.29, 0.717) is 0 Å². The summed E-state index contributed by atoms with van der Waals surface area (Å²) < 4.78 is 1.09. The number of hydrogen-bond acceptors (Lipinski definition) is 1. The molecule has 0 heterocycles. The standard InChI is InChI=1S/C49H34BrN/c50-46-25-13-12-23-44(46)49(39-19-8-3-9-20-39)43-22-11-10-21-42(43)48-45(49)24-14-26-47(48)51(40-31-27-37(28-32-40)35-15-4-1-5-16-35)41-33-29-38(30-34-41)36-17-6-2-7-18-36/h1-34H/t49-/m0/s1. The minimum atomic E-state index is -0.525. The van der Waals surface area contributed by atoms with Gasteiger partial charge >= 0.3 is 0 Å². The normalized spacial score (nSPS) is 14.5. The first-order chi connectivity index (χ1) is 25.2. The van der Waals surface area contributed by atoms with Crippen LogP contribution in [0.4, 0.5) is 17.1 Å². The second-order valence-electron chi connectivity index (χ2n) is 13.0. The zero-order valence-electron chi connectivity index (χ0n) is 28.0. The van der Waals surface area contributed by atoms with E-state index in [4.69, 9.17) is 0 Å². The topological polar surface area (TPSA) is 3.24 Å². The van der Waals surface area contributed by atoms with Crippen molar-refractivity contribution < 1.29 is 0 Å². The third-order valence-electron chi connectivity index (χ3n) is 10.2. The summed E-state index contributed by atoms with van der Waals surface area (Å²) in [6, 6.07) is 74.7. The molecule has 0 aliphatic heterocycles. The van der Waals surface area contributed by atoms with Crippen LogP contribution < -0.4 is 4.90 Å². The summed E-state index contributed by atoms with van der Waals surface area (Å²) in [6.07, 6.45) is 0. The van der Waals surface area contributed by atoms with E-state index in [1.165, 1.54) is 55.6 Å². The second-order valence-corrected chi connectivity index (χ2v) is 13.9. The Bertz CT molecular complexity index is 2370. The summed E-state index contributed by atoms with van der Waals surface area (Å²) in [7, 11) is 0. The molecule has 0 radical (unpaired) electrons. The van der Waals surface area contributed by atoms with Crippen LogP contribution in [-0.2, 0) is 5.41 Å². The number of hydrogen-bond donors (Lipinski definition) is 0. The average molecular weight is 717 g/mol. The number of nitrogens with zero attached hydrogens (tertiary/aromatic N) is 1. The summed E-state index contributed by atoms with van der Waals surface area (Å²) in [4.78, 5) is 2.43. The van der Waals surface area contributed by atoms with Gasteiger partial charge in [-0.3, -0.25) is 0 Å². The fraction of sp³-hybridized carbons (Fsp3) is 0.0204. The van der Waals surface area contributed by atoms with Crippen molar-refractivity contribution in [2.75, 3.05) is 4.90 Å². The minimum absolute atomic E-state index is 0.525. The zero-order chi connectivity index (χ0) is 34.2. The Balaban J connectivity index is 1.30. The van der Waals surface area contributed by atoms with Gasteiger partial charge in [-0.05, 0) is 86.5 Å². The van der Waals surface area contributed by atoms with E-state index in [-0.39, 0.29) is 0 Å². The van der Waals surface area contributed by atoms with E-state index in [1.807, 2.05) is 0 Å². The van der Waals surface area contributed by atoms with Gasteiger partial charge in [-0.15, -0.1) is 0 Å². The molecule has 0 amide bonds. The Morgan fingerprint density at radius 1 is 0.353 bits per heavy atom. The van der Waals surface area contributed by atoms with Gasteiger partial charge in [0.15, 0.2) is 0 Å². The van der Waals surface area contributed by atoms with E-state index < -0.39 is 5.41 Å². The van der Waals surface area contributed by atoms with Crippen molar-refractivity contribution in [3.63, 3.8) is 0 Å². The third kappa shape index (κ3) is 5.23. The molecule has 0 aromatic heterocycles. The predicted molar refractivity (Wildman–Crippen MR) is 217 cm³/mol. The summed E-state index contributed by atoms with van der Waals surface area (Å²) in [5.74, 6) is 0. The molecule has 0 unspecified atom stereocenters. The smallest absolute Gasteiger partial charge is 0.0725 e. The van der Waals surface area contributed by atoms with Crippen molar-refractivity contribution in [1.82, 2.24) is 0 Å². The zero-order valence-corrected chi connectivity index (χ0v) is 29.5. The summed E-state index contributed by atoms with van der Waals surface area (Å²) in [6.45, 7) is 0. The highest BCUT2D eigenvalue weighted by Crippen LogP contribution is 2.60. The second kappa shape index (κ2) is 13.1. The molecular weight excluding hydrogens is 682 g/mol. The van der Waals surface area contributed by atoms with Gasteiger partial charge in [-0.2, -0.15) is 0 Å². The van der Waals surface area contributed by atoms with Crippen LogP contribution in [0.25, 0.3) is 33.4 Å². The van der Waals surface area contributed by atoms with Crippen LogP contribution in [-0.4, -0.2) is 0 Å². The van der Waals surface area contributed by atoms with Crippen LogP contribution >= 0.6 is 15.9 Å². The third-order valence-corrected chi connectivity index (χ3v) is 10.9. The van der Waals surface area contributed by atoms with Crippen molar-refractivity contribution in [2.45, 2.75) is 5.41 Å². The van der Waals surface area contributed by atoms with Crippen LogP contribution in [0.1, 0.15) is 22.3 Å². The Morgan fingerprint density at radius 3 is 1.37 bits per heavy atom. The molecule has 0 saturated heterocycles. The highest BCUT2D eigenvalue weighted by atomic mass is 79.9. The molecule has 0 saturated carbocycles. The molecule has 1 nitrogen and oxygen atoms in total. The fourth-order valence-corrected chi connectivity index (χ4v) is 8.58. The van der Waals surface area contributed by atoms with Crippen LogP contribution in [0.5, 0.6) is 0 Å². The van der Waals surface area contributed by atoms with E-state index >= 15 is 0 Å². The summed E-state index contributed by atoms with van der Waals surface area (Å²) in [5.41, 5.74) is 15.1. The molecule has 1 aliphatic carbocycles. The van der Waals surface area contributed by atoms with Gasteiger partial charge in [-0.1, -0.05) is 186 Å². The first-order valence-electron chi connectivity index (χ1n) is 17.4. The van der Waals surface area contributed by atoms with Crippen LogP contribution in [0.15, 0.2) is 211 Å². The van der Waals surface area contributed by atoms with Gasteiger partial charge in [0, 0.05) is 21.4 Å². The van der Waals surface area contributed by atoms with Crippen molar-refractivity contribution >= 4 is 33.0 Å². The van der Waals surface area contributed by atoms with Crippen molar-refractivity contribution in [2.24, 2.45) is 0 Å². The Morgan fingerprint density at radius 2 is 0.804 bits per heavy atom. The highest BCUT2D eigenvalue weighted by Gasteiger charge is 2.48. The fourth-order valence-electron chi connectivity index (χ4n) is 8.00. The molecule has 1 atom stereocenters. The van der Waals surface area contributed by atoms with Crippen LogP contribution in [0, 0.1) is 0 Å². The number of benzene rings is 8. The van der Waals surface area contributed by atoms with Crippen molar-refractivity contribution in [3.05, 3.63) is 233 Å². The maximum atomic E-state index is 4.00. The molecule has 8 aromatic rings. The molecule has 2 heteroatoms. The lowest BCUT2D eigenvalue weighted by atomic mass is 9.67. The first-order valence-corrected chi connectivity index (χ1v) is 18.2. The monoisotopic (exact) mass is 715 g/mol. The number of rotatable bonds is 7. The highest BCUT2D eigenvalue weighted by molar-refractivity contribution is 9.10. The summed E-state index contributed by atoms with van der Waals surface area (Å²) in [5, 5.41) is 0. The van der Waals surface area contributed by atoms with E-state index in [1.54, 1.807) is 0 Å². The van der Waals surface area contributed by atoms with Crippen LogP contribution in [0.2, 0.25) is 0 Å². The number of fused-ring (bicyclic) bond motifs is 3. The first kappa shape index (κ1) is 31.1. The van der Waals surface area contributed by atoms with Gasteiger partial charge < -0.3 is 4.90 Å². The molecule has 9 rings (SSSR count). The maximum Gasteiger partial charge on any atom is 0.0725 e. The van der Waals surface area contributed by atoms with Gasteiger partial charge in [0.1, 0.15) is 0 Å². The van der Waals surface area contributed by atoms with Gasteiger partial charge in [0.2, 0.25) is 0 Å². The van der Waals surface area contributed by atoms with E-state index in [2.05, 4.69) is 227 Å². The van der Waals surface area contributed by atoms with Crippen molar-refractivity contribution in [3.8, 4) is 33.4 Å². The molecule has 242 valence electrons. The summed E-state index contributed by atoms with van der Waals surface area (Å²) >= 11 is 4.00. The van der Waals surface area contributed by atoms with E-state index in [9.17, 15) is 0 Å². The van der Waals surface area contributed by atoms with Crippen LogP contribution in [0.3, 0.4) is 0 Å². The predicted octanol–water partition coefficient (Wildman–Crippen LogP) is 13.6. The Kier molecular flexibility index (Phi) is 7.95. The lowest BCUT2D eigenvalue weighted by Gasteiger charge is -2.35. The van der Waals surface area contributed by atoms with E-state index in [0.717, 1.165) is 21.5 Å². The minimum Gasteiger partial charge on any atom is -0.310 e. The molecule has 0 spiro atoms. The maximum absolute atomic E-state index is 4.00. The van der Waals surface area contributed by atoms with Gasteiger partial charge in [0.05, 0.1) is 11.1 Å². The lowest BCUT2D eigenvalue weighted by molar-refractivity contribution is 0.764. The molecule has 0 N–H and O–H groups in total. The average Bonchev–Trinajstić information content (AvgIpc) is 3.51. The van der Waals surface area contributed by atoms with Gasteiger partial charge in [-0.25, -0.2) is 0 Å². The molecular formula is C49H34BrN. The van der Waals surface area contributed by atoms with Gasteiger partial charge in [0.25, 0.3) is 0 Å². The quantitative estimate of drug-likeness (QED) is 0.159. The SMILES string of the molecule is Brc1ccccc1[C@]1(c2ccccc2)c2ccccc2-c2c(N(c3ccc(-c4ccccc4)cc3)c3ccc(-c4ccccc4)cc3)cccc21. The molecule has 8 aromatic carbocycles. The Labute approximate surface area is 308 Å². The number of halogens is 1.